The summed E-state index contributed by atoms with van der Waals surface area (Å²) in [6.45, 7) is 0.446. The second-order valence-corrected chi connectivity index (χ2v) is 6.06. The largest absolute Gasteiger partial charge is 0.489 e. The predicted molar refractivity (Wildman–Crippen MR) is 107 cm³/mol. The number of hydrogen-bond donors (Lipinski definition) is 0. The van der Waals surface area contributed by atoms with Crippen LogP contribution in [-0.4, -0.2) is 11.1 Å². The van der Waals surface area contributed by atoms with Crippen molar-refractivity contribution in [3.05, 3.63) is 105 Å². The second kappa shape index (κ2) is 9.67. The molecule has 0 amide bonds. The molecule has 0 saturated heterocycles. The Morgan fingerprint density at radius 1 is 1.03 bits per heavy atom. The third kappa shape index (κ3) is 5.65. The van der Waals surface area contributed by atoms with Gasteiger partial charge in [0.2, 0.25) is 0 Å². The number of nitrogens with zero attached hydrogens (tertiary/aromatic N) is 3. The maximum atomic E-state index is 10.8. The van der Waals surface area contributed by atoms with Crippen LogP contribution >= 0.6 is 0 Å². The Labute approximate surface area is 167 Å². The molecule has 0 bridgehead atoms. The molecule has 0 N–H and O–H groups in total. The lowest BCUT2D eigenvalue weighted by molar-refractivity contribution is -0.384. The second-order valence-electron chi connectivity index (χ2n) is 6.06. The zero-order chi connectivity index (χ0) is 20.5. The number of hydrogen-bond acceptors (Lipinski definition) is 6. The van der Waals surface area contributed by atoms with Gasteiger partial charge >= 0.3 is 0 Å². The molecule has 0 aliphatic rings. The summed E-state index contributed by atoms with van der Waals surface area (Å²) < 4.78 is 5.72. The molecule has 0 heterocycles. The topological polar surface area (TPSA) is 97.8 Å². The molecule has 29 heavy (non-hydrogen) atoms. The van der Waals surface area contributed by atoms with E-state index in [1.807, 2.05) is 30.3 Å². The zero-order valence-corrected chi connectivity index (χ0v) is 15.4. The number of rotatable bonds is 8. The Morgan fingerprint density at radius 2 is 1.83 bits per heavy atom. The summed E-state index contributed by atoms with van der Waals surface area (Å²) >= 11 is 0. The third-order valence-corrected chi connectivity index (χ3v) is 4.04. The molecule has 0 unspecified atom stereocenters. The van der Waals surface area contributed by atoms with Crippen molar-refractivity contribution in [2.24, 2.45) is 5.16 Å². The Balaban J connectivity index is 1.50. The summed E-state index contributed by atoms with van der Waals surface area (Å²) in [5.74, 6) is 0.674. The SMILES string of the molecule is N#Cc1ccccc1COc1ccc(/C=N\OCc2cccc([N+](=O)[O-])c2)cc1. The van der Waals surface area contributed by atoms with Gasteiger partial charge in [0.1, 0.15) is 19.0 Å². The van der Waals surface area contributed by atoms with E-state index >= 15 is 0 Å². The van der Waals surface area contributed by atoms with Crippen LogP contribution in [0, 0.1) is 21.4 Å². The number of nitro groups is 1. The fourth-order valence-electron chi connectivity index (χ4n) is 2.54. The Bertz CT molecular complexity index is 1060. The standard InChI is InChI=1S/C22H17N3O4/c23-13-19-5-1-2-6-20(19)16-28-22-10-8-17(9-11-22)14-24-29-15-18-4-3-7-21(12-18)25(26)27/h1-12,14H,15-16H2/b24-14-. The fraction of sp³-hybridized carbons (Fsp3) is 0.0909. The summed E-state index contributed by atoms with van der Waals surface area (Å²) in [6, 6.07) is 22.9. The first-order valence-corrected chi connectivity index (χ1v) is 8.75. The van der Waals surface area contributed by atoms with Gasteiger partial charge in [0.25, 0.3) is 5.69 Å². The summed E-state index contributed by atoms with van der Waals surface area (Å²) in [5, 5.41) is 23.8. The number of nitriles is 1. The molecule has 0 aliphatic heterocycles. The van der Waals surface area contributed by atoms with Crippen LogP contribution in [0.1, 0.15) is 22.3 Å². The lowest BCUT2D eigenvalue weighted by Crippen LogP contribution is -1.98. The van der Waals surface area contributed by atoms with Gasteiger partial charge in [-0.05, 0) is 41.5 Å². The average molecular weight is 387 g/mol. The lowest BCUT2D eigenvalue weighted by Gasteiger charge is -2.07. The molecular formula is C22H17N3O4. The molecule has 0 saturated carbocycles. The highest BCUT2D eigenvalue weighted by atomic mass is 16.6. The van der Waals surface area contributed by atoms with Crippen LogP contribution in [0.2, 0.25) is 0 Å². The number of oxime groups is 1. The molecule has 0 aliphatic carbocycles. The first-order chi connectivity index (χ1) is 14.2. The molecule has 3 aromatic carbocycles. The molecule has 3 aromatic rings. The molecule has 7 heteroatoms. The van der Waals surface area contributed by atoms with E-state index in [9.17, 15) is 10.1 Å². The van der Waals surface area contributed by atoms with Gasteiger partial charge in [-0.3, -0.25) is 10.1 Å². The Kier molecular flexibility index (Phi) is 6.53. The van der Waals surface area contributed by atoms with Crippen LogP contribution in [0.4, 0.5) is 5.69 Å². The van der Waals surface area contributed by atoms with Crippen molar-refractivity contribution in [3.63, 3.8) is 0 Å². The van der Waals surface area contributed by atoms with E-state index in [2.05, 4.69) is 11.2 Å². The van der Waals surface area contributed by atoms with Gasteiger partial charge in [0.15, 0.2) is 0 Å². The molecule has 7 nitrogen and oxygen atoms in total. The molecule has 0 atom stereocenters. The highest BCUT2D eigenvalue weighted by Gasteiger charge is 2.05. The highest BCUT2D eigenvalue weighted by molar-refractivity contribution is 5.79. The molecule has 0 spiro atoms. The van der Waals surface area contributed by atoms with E-state index in [4.69, 9.17) is 14.8 Å². The average Bonchev–Trinajstić information content (AvgIpc) is 2.76. The van der Waals surface area contributed by atoms with Crippen molar-refractivity contribution in [3.8, 4) is 11.8 Å². The van der Waals surface area contributed by atoms with Crippen LogP contribution in [0.5, 0.6) is 5.75 Å². The third-order valence-electron chi connectivity index (χ3n) is 4.04. The van der Waals surface area contributed by atoms with Crippen molar-refractivity contribution in [1.82, 2.24) is 0 Å². The maximum absolute atomic E-state index is 10.8. The summed E-state index contributed by atoms with van der Waals surface area (Å²) in [6.07, 6.45) is 1.55. The molecule has 0 radical (unpaired) electrons. The lowest BCUT2D eigenvalue weighted by atomic mass is 10.1. The van der Waals surface area contributed by atoms with Crippen molar-refractivity contribution >= 4 is 11.9 Å². The first-order valence-electron chi connectivity index (χ1n) is 8.75. The molecule has 3 rings (SSSR count). The van der Waals surface area contributed by atoms with Crippen molar-refractivity contribution in [2.45, 2.75) is 13.2 Å². The van der Waals surface area contributed by atoms with Crippen LogP contribution in [0.3, 0.4) is 0 Å². The fourth-order valence-corrected chi connectivity index (χ4v) is 2.54. The minimum absolute atomic E-state index is 0.0167. The van der Waals surface area contributed by atoms with Gasteiger partial charge in [0.05, 0.1) is 22.8 Å². The number of benzene rings is 3. The van der Waals surface area contributed by atoms with E-state index in [0.29, 0.717) is 23.5 Å². The van der Waals surface area contributed by atoms with E-state index in [0.717, 1.165) is 11.1 Å². The quantitative estimate of drug-likeness (QED) is 0.320. The van der Waals surface area contributed by atoms with E-state index in [1.54, 1.807) is 36.5 Å². The van der Waals surface area contributed by atoms with Gasteiger partial charge in [-0.1, -0.05) is 35.5 Å². The van der Waals surface area contributed by atoms with Crippen LogP contribution in [0.25, 0.3) is 0 Å². The predicted octanol–water partition coefficient (Wildman–Crippen LogP) is 4.60. The molecule has 144 valence electrons. The number of non-ortho nitro benzene ring substituents is 1. The Morgan fingerprint density at radius 3 is 2.59 bits per heavy atom. The van der Waals surface area contributed by atoms with E-state index in [-0.39, 0.29) is 12.3 Å². The minimum Gasteiger partial charge on any atom is -0.489 e. The molecule has 0 fully saturated rings. The van der Waals surface area contributed by atoms with Crippen molar-refractivity contribution in [1.29, 1.82) is 5.26 Å². The van der Waals surface area contributed by atoms with Crippen LogP contribution < -0.4 is 4.74 Å². The van der Waals surface area contributed by atoms with Gasteiger partial charge < -0.3 is 9.57 Å². The summed E-state index contributed by atoms with van der Waals surface area (Å²) in [5.41, 5.74) is 2.92. The molecule has 0 aromatic heterocycles. The number of ether oxygens (including phenoxy) is 1. The number of nitro benzene ring substituents is 1. The summed E-state index contributed by atoms with van der Waals surface area (Å²) in [4.78, 5) is 15.5. The smallest absolute Gasteiger partial charge is 0.269 e. The van der Waals surface area contributed by atoms with Gasteiger partial charge in [-0.2, -0.15) is 5.26 Å². The van der Waals surface area contributed by atoms with Crippen LogP contribution in [0.15, 0.2) is 78.0 Å². The van der Waals surface area contributed by atoms with Gasteiger partial charge in [-0.15, -0.1) is 0 Å². The minimum atomic E-state index is -0.449. The zero-order valence-electron chi connectivity index (χ0n) is 15.4. The first kappa shape index (κ1) is 19.6. The van der Waals surface area contributed by atoms with Crippen molar-refractivity contribution in [2.75, 3.05) is 0 Å². The monoisotopic (exact) mass is 387 g/mol. The normalized spacial score (nSPS) is 10.4. The van der Waals surface area contributed by atoms with E-state index < -0.39 is 4.92 Å². The van der Waals surface area contributed by atoms with Gasteiger partial charge in [-0.25, -0.2) is 0 Å². The van der Waals surface area contributed by atoms with Gasteiger partial charge in [0, 0.05) is 17.7 Å². The van der Waals surface area contributed by atoms with E-state index in [1.165, 1.54) is 12.1 Å². The summed E-state index contributed by atoms with van der Waals surface area (Å²) in [7, 11) is 0. The molecular weight excluding hydrogens is 370 g/mol. The maximum Gasteiger partial charge on any atom is 0.269 e. The van der Waals surface area contributed by atoms with Crippen molar-refractivity contribution < 1.29 is 14.5 Å². The van der Waals surface area contributed by atoms with Crippen LogP contribution in [-0.2, 0) is 18.1 Å². The highest BCUT2D eigenvalue weighted by Crippen LogP contribution is 2.16. The Hall–Kier alpha value is -4.18.